The molecule has 0 aliphatic carbocycles. The molecule has 1 rings (SSSR count). The van der Waals surface area contributed by atoms with Gasteiger partial charge in [-0.05, 0) is 25.3 Å². The molecule has 2 heteroatoms. The molecule has 1 heterocycles. The lowest BCUT2D eigenvalue weighted by Crippen LogP contribution is -2.32. The van der Waals surface area contributed by atoms with Gasteiger partial charge in [0.2, 0.25) is 0 Å². The molecule has 50 heavy (non-hydrogen) atoms. The van der Waals surface area contributed by atoms with Gasteiger partial charge in [0.15, 0.2) is 0 Å². The Balaban J connectivity index is 1.78. The number of esters is 1. The van der Waals surface area contributed by atoms with Crippen molar-refractivity contribution in [2.24, 2.45) is 5.92 Å². The lowest BCUT2D eigenvalue weighted by Gasteiger charge is -2.28. The Morgan fingerprint density at radius 3 is 0.860 bits per heavy atom. The number of rotatable bonds is 42. The molecule has 0 N–H and O–H groups in total. The van der Waals surface area contributed by atoms with Crippen LogP contribution in [0.3, 0.4) is 0 Å². The molecule has 296 valence electrons. The standard InChI is InChI=1S/C48H92O2/c1-3-5-7-9-11-13-15-17-19-21-23-25-27-29-31-33-35-37-39-41-43-45-47-46(48(49)50-47)44-42-40-38-36-34-32-30-28-26-24-22-20-18-16-14-12-10-8-6-4-2/h45-46H,3-44H2,1-2H3/b47-45-. The molecule has 0 saturated carbocycles. The van der Waals surface area contributed by atoms with Crippen LogP contribution < -0.4 is 0 Å². The van der Waals surface area contributed by atoms with Crippen molar-refractivity contribution < 1.29 is 9.53 Å². The summed E-state index contributed by atoms with van der Waals surface area (Å²) in [6.07, 6.45) is 61.0. The molecular weight excluding hydrogens is 609 g/mol. The van der Waals surface area contributed by atoms with Crippen molar-refractivity contribution >= 4 is 5.97 Å². The minimum absolute atomic E-state index is 0.0255. The van der Waals surface area contributed by atoms with E-state index in [4.69, 9.17) is 4.74 Å². The van der Waals surface area contributed by atoms with Gasteiger partial charge in [-0.3, -0.25) is 4.79 Å². The lowest BCUT2D eigenvalue weighted by molar-refractivity contribution is -0.157. The Hall–Kier alpha value is -0.790. The first kappa shape index (κ1) is 47.2. The summed E-state index contributed by atoms with van der Waals surface area (Å²) in [6, 6.07) is 0. The highest BCUT2D eigenvalue weighted by molar-refractivity contribution is 5.82. The van der Waals surface area contributed by atoms with E-state index < -0.39 is 0 Å². The summed E-state index contributed by atoms with van der Waals surface area (Å²) in [4.78, 5) is 12.0. The molecule has 1 aliphatic rings. The van der Waals surface area contributed by atoms with E-state index in [1.807, 2.05) is 0 Å². The van der Waals surface area contributed by atoms with Crippen LogP contribution in [0.5, 0.6) is 0 Å². The summed E-state index contributed by atoms with van der Waals surface area (Å²) in [5.74, 6) is 1.10. The largest absolute Gasteiger partial charge is 0.430 e. The normalized spacial score (nSPS) is 15.2. The van der Waals surface area contributed by atoms with Gasteiger partial charge >= 0.3 is 5.97 Å². The van der Waals surface area contributed by atoms with Crippen LogP contribution in [0.15, 0.2) is 11.8 Å². The second-order valence-corrected chi connectivity index (χ2v) is 16.6. The highest BCUT2D eigenvalue weighted by atomic mass is 16.6. The van der Waals surface area contributed by atoms with Crippen molar-refractivity contribution in [1.82, 2.24) is 0 Å². The number of allylic oxidation sites excluding steroid dienone is 1. The molecule has 0 radical (unpaired) electrons. The van der Waals surface area contributed by atoms with E-state index in [1.165, 1.54) is 257 Å². The zero-order valence-corrected chi connectivity index (χ0v) is 34.7. The van der Waals surface area contributed by atoms with Crippen molar-refractivity contribution in [3.8, 4) is 0 Å². The number of cyclic esters (lactones) is 1. The molecule has 0 bridgehead atoms. The van der Waals surface area contributed by atoms with Crippen LogP contribution in [0.2, 0.25) is 0 Å². The fourth-order valence-corrected chi connectivity index (χ4v) is 8.01. The van der Waals surface area contributed by atoms with Crippen LogP contribution in [-0.4, -0.2) is 5.97 Å². The van der Waals surface area contributed by atoms with Gasteiger partial charge in [0, 0.05) is 0 Å². The number of ether oxygens (including phenoxy) is 1. The van der Waals surface area contributed by atoms with Crippen molar-refractivity contribution in [3.63, 3.8) is 0 Å². The summed E-state index contributed by atoms with van der Waals surface area (Å²) in [5, 5.41) is 0. The fourth-order valence-electron chi connectivity index (χ4n) is 8.01. The Labute approximate surface area is 315 Å². The van der Waals surface area contributed by atoms with E-state index in [0.29, 0.717) is 0 Å². The molecule has 1 saturated heterocycles. The van der Waals surface area contributed by atoms with E-state index in [-0.39, 0.29) is 11.9 Å². The van der Waals surface area contributed by atoms with Crippen LogP contribution in [0.25, 0.3) is 0 Å². The van der Waals surface area contributed by atoms with E-state index in [9.17, 15) is 4.79 Å². The first-order chi connectivity index (χ1) is 24.8. The molecule has 2 nitrogen and oxygen atoms in total. The van der Waals surface area contributed by atoms with Crippen LogP contribution in [-0.2, 0) is 9.53 Å². The first-order valence-corrected chi connectivity index (χ1v) is 23.7. The van der Waals surface area contributed by atoms with Crippen molar-refractivity contribution in [2.75, 3.05) is 0 Å². The topological polar surface area (TPSA) is 26.3 Å². The van der Waals surface area contributed by atoms with Gasteiger partial charge in [0.05, 0.1) is 0 Å². The van der Waals surface area contributed by atoms with Crippen LogP contribution in [0.4, 0.5) is 0 Å². The maximum absolute atomic E-state index is 12.0. The average molecular weight is 701 g/mol. The maximum atomic E-state index is 12.0. The minimum Gasteiger partial charge on any atom is -0.430 e. The molecule has 0 aromatic rings. The molecule has 0 amide bonds. The predicted molar refractivity (Wildman–Crippen MR) is 223 cm³/mol. The highest BCUT2D eigenvalue weighted by Crippen LogP contribution is 2.32. The Kier molecular flexibility index (Phi) is 37.2. The zero-order valence-electron chi connectivity index (χ0n) is 34.7. The summed E-state index contributed by atoms with van der Waals surface area (Å²) in [6.45, 7) is 4.60. The predicted octanol–water partition coefficient (Wildman–Crippen LogP) is 17.5. The molecule has 1 fully saturated rings. The quantitative estimate of drug-likeness (QED) is 0.0468. The van der Waals surface area contributed by atoms with Crippen molar-refractivity contribution in [3.05, 3.63) is 11.8 Å². The third kappa shape index (κ3) is 31.9. The molecule has 0 spiro atoms. The summed E-state index contributed by atoms with van der Waals surface area (Å²) >= 11 is 0. The first-order valence-electron chi connectivity index (χ1n) is 23.7. The van der Waals surface area contributed by atoms with Gasteiger partial charge in [-0.2, -0.15) is 0 Å². The average Bonchev–Trinajstić information content (AvgIpc) is 3.12. The van der Waals surface area contributed by atoms with E-state index in [2.05, 4.69) is 19.9 Å². The Morgan fingerprint density at radius 2 is 0.600 bits per heavy atom. The van der Waals surface area contributed by atoms with Crippen molar-refractivity contribution in [2.45, 2.75) is 284 Å². The second kappa shape index (κ2) is 39.4. The van der Waals surface area contributed by atoms with E-state index in [1.54, 1.807) is 0 Å². The van der Waals surface area contributed by atoms with Crippen molar-refractivity contribution in [1.29, 1.82) is 0 Å². The van der Waals surface area contributed by atoms with Gasteiger partial charge in [-0.15, -0.1) is 0 Å². The molecule has 0 aromatic carbocycles. The lowest BCUT2D eigenvalue weighted by atomic mass is 9.93. The van der Waals surface area contributed by atoms with Crippen LogP contribution in [0.1, 0.15) is 284 Å². The highest BCUT2D eigenvalue weighted by Gasteiger charge is 2.36. The van der Waals surface area contributed by atoms with Gasteiger partial charge in [0.25, 0.3) is 0 Å². The Bertz CT molecular complexity index is 711. The summed E-state index contributed by atoms with van der Waals surface area (Å²) in [7, 11) is 0. The smallest absolute Gasteiger partial charge is 0.321 e. The number of hydrogen-bond acceptors (Lipinski definition) is 2. The molecular formula is C48H92O2. The minimum atomic E-state index is 0.0255. The van der Waals surface area contributed by atoms with Crippen LogP contribution >= 0.6 is 0 Å². The summed E-state index contributed by atoms with van der Waals surface area (Å²) < 4.78 is 5.41. The second-order valence-electron chi connectivity index (χ2n) is 16.6. The molecule has 1 unspecified atom stereocenters. The van der Waals surface area contributed by atoms with E-state index >= 15 is 0 Å². The number of carbonyl (C=O) groups excluding carboxylic acids is 1. The van der Waals surface area contributed by atoms with Gasteiger partial charge in [-0.1, -0.05) is 264 Å². The molecule has 0 aromatic heterocycles. The SMILES string of the molecule is CCCCCCCCCCCCCCCCCCCCCC/C=C1\OC(=O)C1CCCCCCCCCCCCCCCCCCCCCC. The number of hydrogen-bond donors (Lipinski definition) is 0. The monoisotopic (exact) mass is 701 g/mol. The summed E-state index contributed by atoms with van der Waals surface area (Å²) in [5.41, 5.74) is 0. The van der Waals surface area contributed by atoms with Crippen LogP contribution in [0, 0.1) is 5.92 Å². The van der Waals surface area contributed by atoms with Gasteiger partial charge in [-0.25, -0.2) is 0 Å². The zero-order chi connectivity index (χ0) is 35.8. The molecule has 1 atom stereocenters. The third-order valence-corrected chi connectivity index (χ3v) is 11.6. The van der Waals surface area contributed by atoms with E-state index in [0.717, 1.165) is 18.6 Å². The number of carbonyl (C=O) groups is 1. The van der Waals surface area contributed by atoms with Gasteiger partial charge in [0.1, 0.15) is 11.7 Å². The maximum Gasteiger partial charge on any atom is 0.321 e. The Morgan fingerprint density at radius 1 is 0.360 bits per heavy atom. The van der Waals surface area contributed by atoms with Gasteiger partial charge < -0.3 is 4.74 Å². The molecule has 1 aliphatic heterocycles. The number of unbranched alkanes of at least 4 members (excludes halogenated alkanes) is 39. The third-order valence-electron chi connectivity index (χ3n) is 11.6. The fraction of sp³-hybridized carbons (Fsp3) is 0.938.